The lowest BCUT2D eigenvalue weighted by atomic mass is 10.2. The zero-order chi connectivity index (χ0) is 13.8. The predicted molar refractivity (Wildman–Crippen MR) is 72.3 cm³/mol. The van der Waals surface area contributed by atoms with Gasteiger partial charge in [-0.2, -0.15) is 0 Å². The second-order valence-electron chi connectivity index (χ2n) is 3.87. The van der Waals surface area contributed by atoms with E-state index in [0.29, 0.717) is 0 Å². The molecule has 0 saturated heterocycles. The monoisotopic (exact) mass is 276 g/mol. The SMILES string of the molecule is Cc1sc(-c2ccccc2)nc1C(=O)NCC(=O)O. The molecular formula is C13H12N2O3S. The highest BCUT2D eigenvalue weighted by Crippen LogP contribution is 2.27. The van der Waals surface area contributed by atoms with E-state index < -0.39 is 18.4 Å². The number of carbonyl (C=O) groups excluding carboxylic acids is 1. The van der Waals surface area contributed by atoms with Crippen molar-refractivity contribution in [3.05, 3.63) is 40.9 Å². The molecule has 5 nitrogen and oxygen atoms in total. The highest BCUT2D eigenvalue weighted by Gasteiger charge is 2.16. The third-order valence-electron chi connectivity index (χ3n) is 2.43. The average molecular weight is 276 g/mol. The minimum absolute atomic E-state index is 0.283. The molecule has 0 atom stereocenters. The number of aromatic nitrogens is 1. The summed E-state index contributed by atoms with van der Waals surface area (Å²) >= 11 is 1.41. The van der Waals surface area contributed by atoms with Crippen molar-refractivity contribution < 1.29 is 14.7 Å². The molecule has 1 heterocycles. The van der Waals surface area contributed by atoms with Crippen molar-refractivity contribution in [2.24, 2.45) is 0 Å². The Morgan fingerprint density at radius 1 is 1.32 bits per heavy atom. The van der Waals surface area contributed by atoms with Crippen LogP contribution in [0.2, 0.25) is 0 Å². The fraction of sp³-hybridized carbons (Fsp3) is 0.154. The summed E-state index contributed by atoms with van der Waals surface area (Å²) in [4.78, 5) is 27.2. The maximum Gasteiger partial charge on any atom is 0.322 e. The largest absolute Gasteiger partial charge is 0.480 e. The van der Waals surface area contributed by atoms with E-state index in [1.165, 1.54) is 11.3 Å². The molecule has 2 N–H and O–H groups in total. The number of carbonyl (C=O) groups is 2. The topological polar surface area (TPSA) is 79.3 Å². The minimum atomic E-state index is -1.08. The number of benzene rings is 1. The Balaban J connectivity index is 2.22. The molecule has 0 spiro atoms. The van der Waals surface area contributed by atoms with Gasteiger partial charge in [0.2, 0.25) is 0 Å². The smallest absolute Gasteiger partial charge is 0.322 e. The predicted octanol–water partition coefficient (Wildman–Crippen LogP) is 1.93. The minimum Gasteiger partial charge on any atom is -0.480 e. The van der Waals surface area contributed by atoms with Crippen LogP contribution in [0.15, 0.2) is 30.3 Å². The third kappa shape index (κ3) is 3.17. The van der Waals surface area contributed by atoms with Gasteiger partial charge in [-0.1, -0.05) is 30.3 Å². The number of aliphatic carboxylic acids is 1. The van der Waals surface area contributed by atoms with E-state index in [1.54, 1.807) is 6.92 Å². The van der Waals surface area contributed by atoms with Crippen LogP contribution in [0.3, 0.4) is 0 Å². The summed E-state index contributed by atoms with van der Waals surface area (Å²) in [6, 6.07) is 9.53. The second-order valence-corrected chi connectivity index (χ2v) is 5.07. The number of amides is 1. The molecule has 0 aliphatic heterocycles. The van der Waals surface area contributed by atoms with Crippen molar-refractivity contribution in [3.8, 4) is 10.6 Å². The normalized spacial score (nSPS) is 10.2. The molecule has 0 unspecified atom stereocenters. The molecule has 19 heavy (non-hydrogen) atoms. The van der Waals surface area contributed by atoms with E-state index in [0.717, 1.165) is 15.4 Å². The Morgan fingerprint density at radius 3 is 2.63 bits per heavy atom. The van der Waals surface area contributed by atoms with Crippen LogP contribution in [0.25, 0.3) is 10.6 Å². The van der Waals surface area contributed by atoms with E-state index in [2.05, 4.69) is 10.3 Å². The summed E-state index contributed by atoms with van der Waals surface area (Å²) in [7, 11) is 0. The van der Waals surface area contributed by atoms with Crippen molar-refractivity contribution in [1.29, 1.82) is 0 Å². The van der Waals surface area contributed by atoms with E-state index in [9.17, 15) is 9.59 Å². The van der Waals surface area contributed by atoms with Crippen molar-refractivity contribution >= 4 is 23.2 Å². The number of carboxylic acid groups (broad SMARTS) is 1. The summed E-state index contributed by atoms with van der Waals surface area (Å²) in [5, 5.41) is 11.6. The number of nitrogens with zero attached hydrogens (tertiary/aromatic N) is 1. The van der Waals surface area contributed by atoms with Gasteiger partial charge in [-0.3, -0.25) is 9.59 Å². The Labute approximate surface area is 113 Å². The Bertz CT molecular complexity index is 608. The van der Waals surface area contributed by atoms with Gasteiger partial charge in [0.25, 0.3) is 5.91 Å². The summed E-state index contributed by atoms with van der Waals surface area (Å²) in [5.41, 5.74) is 1.22. The number of carboxylic acids is 1. The summed E-state index contributed by atoms with van der Waals surface area (Å²) in [5.74, 6) is -1.54. The number of nitrogens with one attached hydrogen (secondary N) is 1. The van der Waals surface area contributed by atoms with Crippen molar-refractivity contribution in [2.45, 2.75) is 6.92 Å². The molecule has 2 aromatic rings. The Kier molecular flexibility index (Phi) is 3.91. The highest BCUT2D eigenvalue weighted by molar-refractivity contribution is 7.15. The van der Waals surface area contributed by atoms with Gasteiger partial charge in [0.15, 0.2) is 0 Å². The molecule has 0 aliphatic carbocycles. The number of rotatable bonds is 4. The van der Waals surface area contributed by atoms with Gasteiger partial charge < -0.3 is 10.4 Å². The number of hydrogen-bond donors (Lipinski definition) is 2. The third-order valence-corrected chi connectivity index (χ3v) is 3.45. The standard InChI is InChI=1S/C13H12N2O3S/c1-8-11(12(18)14-7-10(16)17)15-13(19-8)9-5-3-2-4-6-9/h2-6H,7H2,1H3,(H,14,18)(H,16,17). The summed E-state index contributed by atoms with van der Waals surface area (Å²) in [6.45, 7) is 1.39. The molecule has 0 fully saturated rings. The first-order valence-corrected chi connectivity index (χ1v) is 6.42. The van der Waals surface area contributed by atoms with Crippen LogP contribution in [0.4, 0.5) is 0 Å². The molecule has 98 valence electrons. The molecule has 2 rings (SSSR count). The molecule has 0 radical (unpaired) electrons. The summed E-state index contributed by atoms with van der Waals surface area (Å²) < 4.78 is 0. The summed E-state index contributed by atoms with van der Waals surface area (Å²) in [6.07, 6.45) is 0. The van der Waals surface area contributed by atoms with Crippen LogP contribution in [-0.4, -0.2) is 28.5 Å². The molecule has 0 saturated carbocycles. The Morgan fingerprint density at radius 2 is 2.00 bits per heavy atom. The highest BCUT2D eigenvalue weighted by atomic mass is 32.1. The fourth-order valence-electron chi connectivity index (χ4n) is 1.55. The maximum absolute atomic E-state index is 11.8. The van der Waals surface area contributed by atoms with Crippen LogP contribution in [0, 0.1) is 6.92 Å². The molecule has 1 amide bonds. The van der Waals surface area contributed by atoms with Crippen molar-refractivity contribution in [1.82, 2.24) is 10.3 Å². The molecule has 1 aromatic carbocycles. The maximum atomic E-state index is 11.8. The average Bonchev–Trinajstić information content (AvgIpc) is 2.79. The van der Waals surface area contributed by atoms with Gasteiger partial charge in [-0.15, -0.1) is 11.3 Å². The van der Waals surface area contributed by atoms with Crippen molar-refractivity contribution in [3.63, 3.8) is 0 Å². The van der Waals surface area contributed by atoms with Gasteiger partial charge >= 0.3 is 5.97 Å². The van der Waals surface area contributed by atoms with E-state index >= 15 is 0 Å². The molecule has 0 aliphatic rings. The van der Waals surface area contributed by atoms with Gasteiger partial charge in [0.1, 0.15) is 17.2 Å². The van der Waals surface area contributed by atoms with Crippen LogP contribution >= 0.6 is 11.3 Å². The zero-order valence-corrected chi connectivity index (χ0v) is 11.0. The van der Waals surface area contributed by atoms with Crippen molar-refractivity contribution in [2.75, 3.05) is 6.54 Å². The molecular weight excluding hydrogens is 264 g/mol. The lowest BCUT2D eigenvalue weighted by molar-refractivity contribution is -0.135. The second kappa shape index (κ2) is 5.62. The van der Waals surface area contributed by atoms with Crippen LogP contribution in [0.1, 0.15) is 15.4 Å². The van der Waals surface area contributed by atoms with E-state index in [4.69, 9.17) is 5.11 Å². The number of thiazole rings is 1. The number of hydrogen-bond acceptors (Lipinski definition) is 4. The van der Waals surface area contributed by atoms with Gasteiger partial charge in [-0.25, -0.2) is 4.98 Å². The van der Waals surface area contributed by atoms with Crippen LogP contribution in [-0.2, 0) is 4.79 Å². The van der Waals surface area contributed by atoms with Gasteiger partial charge in [-0.05, 0) is 6.92 Å². The Hall–Kier alpha value is -2.21. The first-order valence-electron chi connectivity index (χ1n) is 5.61. The van der Waals surface area contributed by atoms with Crippen LogP contribution < -0.4 is 5.32 Å². The zero-order valence-electron chi connectivity index (χ0n) is 10.2. The molecule has 6 heteroatoms. The fourth-order valence-corrected chi connectivity index (χ4v) is 2.47. The quantitative estimate of drug-likeness (QED) is 0.894. The van der Waals surface area contributed by atoms with E-state index in [1.807, 2.05) is 30.3 Å². The lowest BCUT2D eigenvalue weighted by Crippen LogP contribution is -2.29. The van der Waals surface area contributed by atoms with Crippen LogP contribution in [0.5, 0.6) is 0 Å². The first kappa shape index (κ1) is 13.2. The number of aryl methyl sites for hydroxylation is 1. The van der Waals surface area contributed by atoms with Gasteiger partial charge in [0, 0.05) is 10.4 Å². The first-order chi connectivity index (χ1) is 9.08. The molecule has 0 bridgehead atoms. The lowest BCUT2D eigenvalue weighted by Gasteiger charge is -1.99. The molecule has 1 aromatic heterocycles. The van der Waals surface area contributed by atoms with E-state index in [-0.39, 0.29) is 5.69 Å². The van der Waals surface area contributed by atoms with Gasteiger partial charge in [0.05, 0.1) is 0 Å².